The Balaban J connectivity index is 2.24. The predicted molar refractivity (Wildman–Crippen MR) is 95.3 cm³/mol. The summed E-state index contributed by atoms with van der Waals surface area (Å²) >= 11 is 9.44. The zero-order valence-corrected chi connectivity index (χ0v) is 14.1. The SMILES string of the molecule is N#Cc1c(/C=C/c2cccc(Br)c2)c2cc(Cl)ccc2oc1=O. The maximum atomic E-state index is 12.0. The summed E-state index contributed by atoms with van der Waals surface area (Å²) in [6.45, 7) is 0. The molecule has 0 aliphatic rings. The van der Waals surface area contributed by atoms with Gasteiger partial charge in [-0.05, 0) is 35.9 Å². The van der Waals surface area contributed by atoms with Gasteiger partial charge in [0.25, 0.3) is 0 Å². The van der Waals surface area contributed by atoms with Crippen molar-refractivity contribution in [2.75, 3.05) is 0 Å². The van der Waals surface area contributed by atoms with Crippen molar-refractivity contribution in [3.05, 3.63) is 79.1 Å². The Morgan fingerprint density at radius 3 is 2.74 bits per heavy atom. The van der Waals surface area contributed by atoms with Crippen LogP contribution in [0.3, 0.4) is 0 Å². The van der Waals surface area contributed by atoms with Crippen LogP contribution in [0.2, 0.25) is 5.02 Å². The van der Waals surface area contributed by atoms with E-state index in [0.29, 0.717) is 21.6 Å². The lowest BCUT2D eigenvalue weighted by Crippen LogP contribution is -2.06. The molecular formula is C18H9BrClNO2. The van der Waals surface area contributed by atoms with Crippen LogP contribution < -0.4 is 5.63 Å². The zero-order valence-electron chi connectivity index (χ0n) is 11.7. The molecule has 0 spiro atoms. The molecule has 2 aromatic carbocycles. The Kier molecular flexibility index (Phi) is 4.33. The molecule has 0 aliphatic carbocycles. The number of hydrogen-bond acceptors (Lipinski definition) is 3. The van der Waals surface area contributed by atoms with Crippen LogP contribution in [0.1, 0.15) is 16.7 Å². The van der Waals surface area contributed by atoms with Crippen LogP contribution in [0.4, 0.5) is 0 Å². The van der Waals surface area contributed by atoms with Crippen molar-refractivity contribution in [3.63, 3.8) is 0 Å². The molecule has 112 valence electrons. The van der Waals surface area contributed by atoms with E-state index in [4.69, 9.17) is 16.0 Å². The van der Waals surface area contributed by atoms with Gasteiger partial charge in [0.1, 0.15) is 17.2 Å². The third kappa shape index (κ3) is 3.21. The van der Waals surface area contributed by atoms with Gasteiger partial charge < -0.3 is 4.42 Å². The van der Waals surface area contributed by atoms with Crippen LogP contribution in [0.5, 0.6) is 0 Å². The number of rotatable bonds is 2. The molecular weight excluding hydrogens is 378 g/mol. The number of nitrogens with zero attached hydrogens (tertiary/aromatic N) is 1. The third-order valence-corrected chi connectivity index (χ3v) is 4.04. The minimum atomic E-state index is -0.656. The van der Waals surface area contributed by atoms with Crippen LogP contribution in [-0.2, 0) is 0 Å². The summed E-state index contributed by atoms with van der Waals surface area (Å²) in [6, 6.07) is 14.5. The molecule has 0 fully saturated rings. The van der Waals surface area contributed by atoms with Gasteiger partial charge >= 0.3 is 5.63 Å². The van der Waals surface area contributed by atoms with Gasteiger partial charge in [-0.2, -0.15) is 5.26 Å². The Morgan fingerprint density at radius 1 is 1.17 bits per heavy atom. The Labute approximate surface area is 145 Å². The molecule has 0 unspecified atom stereocenters. The topological polar surface area (TPSA) is 54.0 Å². The van der Waals surface area contributed by atoms with E-state index >= 15 is 0 Å². The Bertz CT molecular complexity index is 1030. The number of nitriles is 1. The minimum absolute atomic E-state index is 0.0361. The Morgan fingerprint density at radius 2 is 2.00 bits per heavy atom. The lowest BCUT2D eigenvalue weighted by molar-refractivity contribution is 0.558. The fourth-order valence-electron chi connectivity index (χ4n) is 2.27. The highest BCUT2D eigenvalue weighted by atomic mass is 79.9. The second-order valence-electron chi connectivity index (χ2n) is 4.82. The molecule has 5 heteroatoms. The standard InChI is InChI=1S/C18H9BrClNO2/c19-12-3-1-2-11(8-12)4-6-14-15-9-13(20)5-7-17(15)23-18(22)16(14)10-21/h1-9H/b6-4+. The van der Waals surface area contributed by atoms with Crippen molar-refractivity contribution in [3.8, 4) is 6.07 Å². The molecule has 0 bridgehead atoms. The lowest BCUT2D eigenvalue weighted by Gasteiger charge is -2.04. The van der Waals surface area contributed by atoms with Crippen LogP contribution >= 0.6 is 27.5 Å². The average Bonchev–Trinajstić information content (AvgIpc) is 2.53. The lowest BCUT2D eigenvalue weighted by atomic mass is 10.0. The van der Waals surface area contributed by atoms with E-state index < -0.39 is 5.63 Å². The number of fused-ring (bicyclic) bond motifs is 1. The van der Waals surface area contributed by atoms with Gasteiger partial charge in [0.05, 0.1) is 0 Å². The molecule has 0 aliphatic heterocycles. The number of benzene rings is 2. The predicted octanol–water partition coefficient (Wildman–Crippen LogP) is 5.25. The second kappa shape index (κ2) is 6.41. The van der Waals surface area contributed by atoms with E-state index in [9.17, 15) is 10.1 Å². The summed E-state index contributed by atoms with van der Waals surface area (Å²) in [6.07, 6.45) is 3.57. The fourth-order valence-corrected chi connectivity index (χ4v) is 2.86. The smallest absolute Gasteiger partial charge is 0.354 e. The van der Waals surface area contributed by atoms with E-state index in [1.807, 2.05) is 36.4 Å². The summed E-state index contributed by atoms with van der Waals surface area (Å²) in [5.74, 6) is 0. The third-order valence-electron chi connectivity index (χ3n) is 3.31. The molecule has 0 N–H and O–H groups in total. The van der Waals surface area contributed by atoms with E-state index in [-0.39, 0.29) is 5.56 Å². The molecule has 0 saturated heterocycles. The van der Waals surface area contributed by atoms with Crippen molar-refractivity contribution in [2.45, 2.75) is 0 Å². The molecule has 23 heavy (non-hydrogen) atoms. The highest BCUT2D eigenvalue weighted by Crippen LogP contribution is 2.25. The van der Waals surface area contributed by atoms with Gasteiger partial charge in [-0.25, -0.2) is 4.79 Å². The summed E-state index contributed by atoms with van der Waals surface area (Å²) < 4.78 is 6.12. The van der Waals surface area contributed by atoms with Gasteiger partial charge in [-0.15, -0.1) is 0 Å². The Hall–Kier alpha value is -2.35. The first-order valence-electron chi connectivity index (χ1n) is 6.68. The summed E-state index contributed by atoms with van der Waals surface area (Å²) in [5.41, 5.74) is 1.14. The van der Waals surface area contributed by atoms with Crippen molar-refractivity contribution in [1.29, 1.82) is 5.26 Å². The van der Waals surface area contributed by atoms with Gasteiger partial charge in [-0.3, -0.25) is 0 Å². The first kappa shape index (κ1) is 15.5. The van der Waals surface area contributed by atoms with E-state index in [0.717, 1.165) is 10.0 Å². The van der Waals surface area contributed by atoms with Crippen LogP contribution in [0.25, 0.3) is 23.1 Å². The molecule has 3 nitrogen and oxygen atoms in total. The molecule has 1 heterocycles. The minimum Gasteiger partial charge on any atom is -0.422 e. The number of halogens is 2. The summed E-state index contributed by atoms with van der Waals surface area (Å²) in [7, 11) is 0. The average molecular weight is 387 g/mol. The van der Waals surface area contributed by atoms with Crippen molar-refractivity contribution in [2.24, 2.45) is 0 Å². The molecule has 0 atom stereocenters. The zero-order chi connectivity index (χ0) is 16.4. The first-order chi connectivity index (χ1) is 11.1. The van der Waals surface area contributed by atoms with Crippen molar-refractivity contribution in [1.82, 2.24) is 0 Å². The largest absolute Gasteiger partial charge is 0.422 e. The second-order valence-corrected chi connectivity index (χ2v) is 6.17. The van der Waals surface area contributed by atoms with E-state index in [1.54, 1.807) is 24.3 Å². The molecule has 1 aromatic heterocycles. The fraction of sp³-hybridized carbons (Fsp3) is 0. The highest BCUT2D eigenvalue weighted by Gasteiger charge is 2.12. The molecule has 0 saturated carbocycles. The maximum absolute atomic E-state index is 12.0. The first-order valence-corrected chi connectivity index (χ1v) is 7.85. The van der Waals surface area contributed by atoms with Crippen LogP contribution in [0.15, 0.2) is 56.1 Å². The van der Waals surface area contributed by atoms with Crippen molar-refractivity contribution < 1.29 is 4.42 Å². The van der Waals surface area contributed by atoms with Gasteiger partial charge in [0.2, 0.25) is 0 Å². The summed E-state index contributed by atoms with van der Waals surface area (Å²) in [5, 5.41) is 10.4. The normalized spacial score (nSPS) is 11.0. The van der Waals surface area contributed by atoms with Gasteiger partial charge in [0, 0.05) is 20.4 Å². The molecule has 3 rings (SSSR count). The van der Waals surface area contributed by atoms with Gasteiger partial charge in [-0.1, -0.05) is 51.8 Å². The molecule has 0 radical (unpaired) electrons. The van der Waals surface area contributed by atoms with E-state index in [1.165, 1.54) is 0 Å². The maximum Gasteiger partial charge on any atom is 0.354 e. The van der Waals surface area contributed by atoms with E-state index in [2.05, 4.69) is 15.9 Å². The molecule has 0 amide bonds. The van der Waals surface area contributed by atoms with Gasteiger partial charge in [0.15, 0.2) is 0 Å². The van der Waals surface area contributed by atoms with Crippen molar-refractivity contribution >= 4 is 50.7 Å². The highest BCUT2D eigenvalue weighted by molar-refractivity contribution is 9.10. The van der Waals surface area contributed by atoms with Crippen LogP contribution in [-0.4, -0.2) is 0 Å². The monoisotopic (exact) mass is 385 g/mol. The molecule has 3 aromatic rings. The quantitative estimate of drug-likeness (QED) is 0.565. The van der Waals surface area contributed by atoms with Crippen LogP contribution in [0, 0.1) is 11.3 Å². The summed E-state index contributed by atoms with van der Waals surface area (Å²) in [4.78, 5) is 12.0. The number of hydrogen-bond donors (Lipinski definition) is 0.